The first kappa shape index (κ1) is 11.7. The molecule has 0 bridgehead atoms. The molecular formula is C15H23N. The molecule has 1 atom stereocenters. The van der Waals surface area contributed by atoms with Gasteiger partial charge in [0.15, 0.2) is 0 Å². The van der Waals surface area contributed by atoms with Crippen molar-refractivity contribution in [3.05, 3.63) is 35.9 Å². The minimum Gasteiger partial charge on any atom is -0.294 e. The number of benzene rings is 1. The minimum absolute atomic E-state index is 0.314. The first-order valence-corrected chi connectivity index (χ1v) is 6.64. The van der Waals surface area contributed by atoms with Crippen molar-refractivity contribution in [1.82, 2.24) is 4.90 Å². The minimum atomic E-state index is 0.314. The number of hydrogen-bond donors (Lipinski definition) is 0. The lowest BCUT2D eigenvalue weighted by molar-refractivity contribution is 0.0446. The maximum Gasteiger partial charge on any atom is 0.0457 e. The highest BCUT2D eigenvalue weighted by atomic mass is 15.2. The molecule has 0 radical (unpaired) electrons. The summed E-state index contributed by atoms with van der Waals surface area (Å²) in [6.07, 6.45) is 5.29. The summed E-state index contributed by atoms with van der Waals surface area (Å²) < 4.78 is 0. The highest BCUT2D eigenvalue weighted by Gasteiger charge is 2.37. The number of likely N-dealkylation sites (tertiary alicyclic amines) is 1. The van der Waals surface area contributed by atoms with Crippen LogP contribution in [0.15, 0.2) is 30.3 Å². The fourth-order valence-corrected chi connectivity index (χ4v) is 3.23. The van der Waals surface area contributed by atoms with Gasteiger partial charge in [0.2, 0.25) is 0 Å². The molecule has 1 aliphatic heterocycles. The van der Waals surface area contributed by atoms with Crippen LogP contribution in [0.3, 0.4) is 0 Å². The predicted molar refractivity (Wildman–Crippen MR) is 69.5 cm³/mol. The van der Waals surface area contributed by atoms with E-state index < -0.39 is 0 Å². The van der Waals surface area contributed by atoms with E-state index in [0.717, 1.165) is 0 Å². The summed E-state index contributed by atoms with van der Waals surface area (Å²) in [7, 11) is 0. The molecule has 16 heavy (non-hydrogen) atoms. The highest BCUT2D eigenvalue weighted by Crippen LogP contribution is 2.39. The number of nitrogens with zero attached hydrogens (tertiary/aromatic N) is 1. The molecular weight excluding hydrogens is 194 g/mol. The van der Waals surface area contributed by atoms with E-state index in [4.69, 9.17) is 0 Å². The van der Waals surface area contributed by atoms with Gasteiger partial charge in [0.05, 0.1) is 0 Å². The van der Waals surface area contributed by atoms with Gasteiger partial charge in [-0.3, -0.25) is 4.90 Å². The fraction of sp³-hybridized carbons (Fsp3) is 0.600. The van der Waals surface area contributed by atoms with Crippen LogP contribution < -0.4 is 0 Å². The monoisotopic (exact) mass is 217 g/mol. The molecule has 1 unspecified atom stereocenters. The summed E-state index contributed by atoms with van der Waals surface area (Å²) in [5.41, 5.74) is 1.83. The molecule has 1 fully saturated rings. The average molecular weight is 217 g/mol. The Morgan fingerprint density at radius 3 is 2.50 bits per heavy atom. The largest absolute Gasteiger partial charge is 0.294 e. The van der Waals surface area contributed by atoms with Gasteiger partial charge in [0, 0.05) is 5.54 Å². The maximum atomic E-state index is 2.67. The van der Waals surface area contributed by atoms with E-state index in [1.54, 1.807) is 0 Å². The Bertz CT molecular complexity index is 319. The molecule has 1 heterocycles. The molecule has 88 valence electrons. The summed E-state index contributed by atoms with van der Waals surface area (Å²) in [6.45, 7) is 7.06. The highest BCUT2D eigenvalue weighted by molar-refractivity contribution is 5.25. The molecule has 2 rings (SSSR count). The molecule has 1 aromatic rings. The van der Waals surface area contributed by atoms with Crippen molar-refractivity contribution < 1.29 is 0 Å². The van der Waals surface area contributed by atoms with Gasteiger partial charge in [-0.15, -0.1) is 0 Å². The van der Waals surface area contributed by atoms with Gasteiger partial charge in [0.25, 0.3) is 0 Å². The van der Waals surface area contributed by atoms with Crippen LogP contribution in [0.4, 0.5) is 0 Å². The van der Waals surface area contributed by atoms with Crippen molar-refractivity contribution in [2.24, 2.45) is 0 Å². The number of rotatable bonds is 3. The van der Waals surface area contributed by atoms with Gasteiger partial charge >= 0.3 is 0 Å². The topological polar surface area (TPSA) is 3.24 Å². The van der Waals surface area contributed by atoms with E-state index in [-0.39, 0.29) is 0 Å². The third-order valence-electron chi connectivity index (χ3n) is 4.15. The van der Waals surface area contributed by atoms with Crippen LogP contribution in [0, 0.1) is 0 Å². The van der Waals surface area contributed by atoms with Crippen LogP contribution in [-0.4, -0.2) is 18.0 Å². The third-order valence-corrected chi connectivity index (χ3v) is 4.15. The van der Waals surface area contributed by atoms with Gasteiger partial charge in [-0.05, 0) is 44.3 Å². The quantitative estimate of drug-likeness (QED) is 0.744. The van der Waals surface area contributed by atoms with E-state index in [1.165, 1.54) is 44.3 Å². The summed E-state index contributed by atoms with van der Waals surface area (Å²) >= 11 is 0. The first-order chi connectivity index (χ1) is 7.83. The molecule has 0 amide bonds. The maximum absolute atomic E-state index is 2.67. The number of piperidine rings is 1. The Morgan fingerprint density at radius 1 is 1.12 bits per heavy atom. The second-order valence-corrected chi connectivity index (χ2v) is 4.79. The van der Waals surface area contributed by atoms with E-state index in [0.29, 0.717) is 5.54 Å². The molecule has 1 saturated heterocycles. The predicted octanol–water partition coefficient (Wildman–Crippen LogP) is 3.80. The normalized spacial score (nSPS) is 26.9. The van der Waals surface area contributed by atoms with Crippen LogP contribution in [0.2, 0.25) is 0 Å². The summed E-state index contributed by atoms with van der Waals surface area (Å²) in [4.78, 5) is 2.67. The van der Waals surface area contributed by atoms with Crippen molar-refractivity contribution >= 4 is 0 Å². The van der Waals surface area contributed by atoms with Gasteiger partial charge in [-0.2, -0.15) is 0 Å². The van der Waals surface area contributed by atoms with E-state index >= 15 is 0 Å². The summed E-state index contributed by atoms with van der Waals surface area (Å²) in [5.74, 6) is 0. The second kappa shape index (κ2) is 5.01. The SMILES string of the molecule is CCN1CCCCC1(CC)c1ccccc1. The summed E-state index contributed by atoms with van der Waals surface area (Å²) in [5, 5.41) is 0. The lowest BCUT2D eigenvalue weighted by Crippen LogP contribution is -2.48. The van der Waals surface area contributed by atoms with Gasteiger partial charge in [-0.25, -0.2) is 0 Å². The van der Waals surface area contributed by atoms with Crippen LogP contribution in [0.1, 0.15) is 45.1 Å². The molecule has 1 aliphatic rings. The molecule has 0 aliphatic carbocycles. The molecule has 1 heteroatoms. The van der Waals surface area contributed by atoms with Gasteiger partial charge in [0.1, 0.15) is 0 Å². The number of hydrogen-bond acceptors (Lipinski definition) is 1. The molecule has 1 nitrogen and oxygen atoms in total. The average Bonchev–Trinajstić information content (AvgIpc) is 2.39. The Labute approximate surface area is 99.5 Å². The van der Waals surface area contributed by atoms with Crippen LogP contribution in [0.25, 0.3) is 0 Å². The van der Waals surface area contributed by atoms with E-state index in [2.05, 4.69) is 49.1 Å². The van der Waals surface area contributed by atoms with Crippen LogP contribution in [0.5, 0.6) is 0 Å². The first-order valence-electron chi connectivity index (χ1n) is 6.64. The van der Waals surface area contributed by atoms with Crippen molar-refractivity contribution in [2.75, 3.05) is 13.1 Å². The van der Waals surface area contributed by atoms with Crippen LogP contribution >= 0.6 is 0 Å². The van der Waals surface area contributed by atoms with Crippen LogP contribution in [-0.2, 0) is 5.54 Å². The lowest BCUT2D eigenvalue weighted by atomic mass is 9.78. The second-order valence-electron chi connectivity index (χ2n) is 4.79. The van der Waals surface area contributed by atoms with Crippen molar-refractivity contribution in [3.63, 3.8) is 0 Å². The standard InChI is InChI=1S/C15H23N/c1-3-15(14-10-6-5-7-11-14)12-8-9-13-16(15)4-2/h5-7,10-11H,3-4,8-9,12-13H2,1-2H3. The Hall–Kier alpha value is -0.820. The molecule has 1 aromatic carbocycles. The Kier molecular flexibility index (Phi) is 3.65. The zero-order chi connectivity index (χ0) is 11.4. The Morgan fingerprint density at radius 2 is 1.88 bits per heavy atom. The Balaban J connectivity index is 2.36. The molecule has 0 N–H and O–H groups in total. The molecule has 0 spiro atoms. The van der Waals surface area contributed by atoms with Gasteiger partial charge < -0.3 is 0 Å². The smallest absolute Gasteiger partial charge is 0.0457 e. The zero-order valence-corrected chi connectivity index (χ0v) is 10.6. The third kappa shape index (κ3) is 1.89. The van der Waals surface area contributed by atoms with Crippen molar-refractivity contribution in [2.45, 2.75) is 45.1 Å². The fourth-order valence-electron chi connectivity index (χ4n) is 3.23. The van der Waals surface area contributed by atoms with E-state index in [9.17, 15) is 0 Å². The van der Waals surface area contributed by atoms with Crippen molar-refractivity contribution in [3.8, 4) is 0 Å². The summed E-state index contributed by atoms with van der Waals surface area (Å²) in [6, 6.07) is 11.1. The zero-order valence-electron chi connectivity index (χ0n) is 10.6. The van der Waals surface area contributed by atoms with E-state index in [1.807, 2.05) is 0 Å². The van der Waals surface area contributed by atoms with Crippen molar-refractivity contribution in [1.29, 1.82) is 0 Å². The molecule has 0 aromatic heterocycles. The molecule has 0 saturated carbocycles. The van der Waals surface area contributed by atoms with Gasteiger partial charge in [-0.1, -0.05) is 44.2 Å². The lowest BCUT2D eigenvalue weighted by Gasteiger charge is -2.47.